The molecule has 0 bridgehead atoms. The van der Waals surface area contributed by atoms with Crippen molar-refractivity contribution in [2.45, 2.75) is 18.0 Å². The van der Waals surface area contributed by atoms with Gasteiger partial charge in [0.1, 0.15) is 17.6 Å². The highest BCUT2D eigenvalue weighted by molar-refractivity contribution is 5.94. The highest BCUT2D eigenvalue weighted by Gasteiger charge is 2.52. The van der Waals surface area contributed by atoms with E-state index in [2.05, 4.69) is 11.1 Å². The summed E-state index contributed by atoms with van der Waals surface area (Å²) in [6.07, 6.45) is 1.52. The van der Waals surface area contributed by atoms with Gasteiger partial charge in [-0.1, -0.05) is 48.5 Å². The van der Waals surface area contributed by atoms with Crippen molar-refractivity contribution < 1.29 is 14.3 Å². The number of hydrogen-bond donors (Lipinski definition) is 1. The second kappa shape index (κ2) is 7.82. The number of aromatic nitrogens is 1. The van der Waals surface area contributed by atoms with Crippen LogP contribution in [0.1, 0.15) is 22.0 Å². The van der Waals surface area contributed by atoms with Crippen molar-refractivity contribution in [1.29, 1.82) is 5.26 Å². The topological polar surface area (TPSA) is 77.2 Å². The van der Waals surface area contributed by atoms with Gasteiger partial charge in [-0.3, -0.25) is 9.78 Å². The van der Waals surface area contributed by atoms with Gasteiger partial charge in [0.15, 0.2) is 0 Å². The Morgan fingerprint density at radius 2 is 1.83 bits per heavy atom. The minimum atomic E-state index is -0.707. The van der Waals surface area contributed by atoms with Gasteiger partial charge in [-0.15, -0.1) is 0 Å². The Morgan fingerprint density at radius 3 is 2.45 bits per heavy atom. The molecule has 0 aliphatic carbocycles. The number of pyridine rings is 1. The predicted octanol–water partition coefficient (Wildman–Crippen LogP) is 3.38. The first kappa shape index (κ1) is 18.8. The van der Waals surface area contributed by atoms with Gasteiger partial charge in [-0.2, -0.15) is 5.26 Å². The van der Waals surface area contributed by atoms with Gasteiger partial charge in [0.25, 0.3) is 5.91 Å². The van der Waals surface area contributed by atoms with Gasteiger partial charge < -0.3 is 10.0 Å². The van der Waals surface area contributed by atoms with E-state index in [1.807, 2.05) is 12.1 Å². The Hall–Kier alpha value is -3.56. The van der Waals surface area contributed by atoms with Crippen molar-refractivity contribution in [2.75, 3.05) is 6.61 Å². The van der Waals surface area contributed by atoms with E-state index in [-0.39, 0.29) is 29.9 Å². The molecular weight excluding hydrogens is 369 g/mol. The van der Waals surface area contributed by atoms with E-state index in [1.165, 1.54) is 17.2 Å². The number of carbonyl (C=O) groups excluding carboxylic acids is 1. The number of carbonyl (C=O) groups is 1. The first-order valence-corrected chi connectivity index (χ1v) is 9.24. The second-order valence-corrected chi connectivity index (χ2v) is 6.88. The largest absolute Gasteiger partial charge is 0.394 e. The van der Waals surface area contributed by atoms with E-state index in [9.17, 15) is 19.6 Å². The molecule has 1 fully saturated rings. The van der Waals surface area contributed by atoms with Crippen molar-refractivity contribution >= 4 is 5.91 Å². The van der Waals surface area contributed by atoms with E-state index in [4.69, 9.17) is 0 Å². The summed E-state index contributed by atoms with van der Waals surface area (Å²) < 4.78 is 14.0. The van der Waals surface area contributed by atoms with Crippen LogP contribution in [0.2, 0.25) is 0 Å². The first-order valence-electron chi connectivity index (χ1n) is 9.24. The lowest BCUT2D eigenvalue weighted by Gasteiger charge is -2.51. The molecule has 0 spiro atoms. The number of aliphatic hydroxyl groups excluding tert-OH is 1. The molecule has 1 N–H and O–H groups in total. The van der Waals surface area contributed by atoms with Crippen LogP contribution in [0.4, 0.5) is 4.39 Å². The number of amides is 1. The molecule has 3 aromatic rings. The number of nitriles is 1. The molecule has 0 unspecified atom stereocenters. The van der Waals surface area contributed by atoms with Crippen LogP contribution in [-0.4, -0.2) is 39.6 Å². The minimum Gasteiger partial charge on any atom is -0.394 e. The van der Waals surface area contributed by atoms with Crippen LogP contribution in [0.5, 0.6) is 0 Å². The van der Waals surface area contributed by atoms with Gasteiger partial charge in [0.2, 0.25) is 0 Å². The lowest BCUT2D eigenvalue weighted by molar-refractivity contribution is -0.00629. The average molecular weight is 387 g/mol. The third kappa shape index (κ3) is 3.26. The van der Waals surface area contributed by atoms with Crippen LogP contribution in [0.25, 0.3) is 11.1 Å². The molecule has 4 rings (SSSR count). The van der Waals surface area contributed by atoms with E-state index in [1.54, 1.807) is 48.5 Å². The quantitative estimate of drug-likeness (QED) is 0.745. The van der Waals surface area contributed by atoms with Gasteiger partial charge in [-0.05, 0) is 29.3 Å². The van der Waals surface area contributed by atoms with Crippen LogP contribution in [0, 0.1) is 17.1 Å². The summed E-state index contributed by atoms with van der Waals surface area (Å²) in [6.45, 7) is -0.267. The van der Waals surface area contributed by atoms with Crippen molar-refractivity contribution in [2.24, 2.45) is 0 Å². The number of nitrogens with zero attached hydrogens (tertiary/aromatic N) is 3. The van der Waals surface area contributed by atoms with Crippen molar-refractivity contribution in [3.8, 4) is 17.2 Å². The lowest BCUT2D eigenvalue weighted by atomic mass is 9.75. The molecule has 1 amide bonds. The van der Waals surface area contributed by atoms with Crippen molar-refractivity contribution in [3.05, 3.63) is 90.0 Å². The molecule has 2 aromatic carbocycles. The maximum Gasteiger partial charge on any atom is 0.273 e. The van der Waals surface area contributed by atoms with Crippen LogP contribution >= 0.6 is 0 Å². The van der Waals surface area contributed by atoms with Crippen LogP contribution < -0.4 is 0 Å². The summed E-state index contributed by atoms with van der Waals surface area (Å²) in [5.74, 6) is -1.01. The zero-order valence-corrected chi connectivity index (χ0v) is 15.4. The molecule has 1 aliphatic heterocycles. The average Bonchev–Trinajstić information content (AvgIpc) is 2.75. The summed E-state index contributed by atoms with van der Waals surface area (Å²) in [4.78, 5) is 18.2. The van der Waals surface area contributed by atoms with E-state index < -0.39 is 12.1 Å². The summed E-state index contributed by atoms with van der Waals surface area (Å²) in [5.41, 5.74) is 2.28. The number of benzene rings is 2. The zero-order chi connectivity index (χ0) is 20.4. The molecule has 29 heavy (non-hydrogen) atoms. The fourth-order valence-corrected chi connectivity index (χ4v) is 3.89. The van der Waals surface area contributed by atoms with E-state index in [0.717, 1.165) is 11.1 Å². The summed E-state index contributed by atoms with van der Waals surface area (Å²) in [7, 11) is 0. The maximum absolute atomic E-state index is 14.0. The zero-order valence-electron chi connectivity index (χ0n) is 15.4. The number of likely N-dealkylation sites (tertiary alicyclic amines) is 1. The summed E-state index contributed by atoms with van der Waals surface area (Å²) in [6, 6.07) is 19.7. The molecule has 1 aliphatic rings. The molecule has 1 saturated heterocycles. The Morgan fingerprint density at radius 1 is 1.10 bits per heavy atom. The predicted molar refractivity (Wildman–Crippen MR) is 105 cm³/mol. The van der Waals surface area contributed by atoms with E-state index in [0.29, 0.717) is 5.56 Å². The third-order valence-corrected chi connectivity index (χ3v) is 5.33. The molecule has 144 valence electrons. The number of halogens is 1. The van der Waals surface area contributed by atoms with Crippen molar-refractivity contribution in [3.63, 3.8) is 0 Å². The number of rotatable bonds is 4. The summed E-state index contributed by atoms with van der Waals surface area (Å²) in [5, 5.41) is 19.6. The molecule has 3 atom stereocenters. The van der Waals surface area contributed by atoms with Crippen molar-refractivity contribution in [1.82, 2.24) is 9.88 Å². The minimum absolute atomic E-state index is 0.236. The standard InChI is InChI=1S/C23H18FN3O2/c24-18-6-2-1-5-17(18)15-8-10-16(11-9-15)22-20(13-25)27(21(22)14-28)23(29)19-7-3-4-12-26-19/h1-12,20-22,28H,14H2/t20-,21-,22+/m0/s1. The highest BCUT2D eigenvalue weighted by atomic mass is 19.1. The second-order valence-electron chi connectivity index (χ2n) is 6.88. The summed E-state index contributed by atoms with van der Waals surface area (Å²) >= 11 is 0. The molecular formula is C23H18FN3O2. The molecule has 1 aromatic heterocycles. The normalized spacial score (nSPS) is 20.6. The molecule has 0 radical (unpaired) electrons. The van der Waals surface area contributed by atoms with Gasteiger partial charge in [0, 0.05) is 17.7 Å². The smallest absolute Gasteiger partial charge is 0.273 e. The molecule has 6 heteroatoms. The molecule has 2 heterocycles. The number of hydrogen-bond acceptors (Lipinski definition) is 4. The fraction of sp³-hybridized carbons (Fsp3) is 0.174. The Bertz CT molecular complexity index is 1060. The van der Waals surface area contributed by atoms with Crippen LogP contribution in [0.15, 0.2) is 72.9 Å². The monoisotopic (exact) mass is 387 g/mol. The Balaban J connectivity index is 1.61. The fourth-order valence-electron chi connectivity index (χ4n) is 3.89. The Labute approximate surface area is 167 Å². The molecule has 5 nitrogen and oxygen atoms in total. The van der Waals surface area contributed by atoms with Gasteiger partial charge in [-0.25, -0.2) is 4.39 Å². The highest BCUT2D eigenvalue weighted by Crippen LogP contribution is 2.41. The van der Waals surface area contributed by atoms with Gasteiger partial charge in [0.05, 0.1) is 18.7 Å². The SMILES string of the molecule is N#C[C@H]1[C@@H](c2ccc(-c3ccccc3F)cc2)[C@H](CO)N1C(=O)c1ccccn1. The van der Waals surface area contributed by atoms with E-state index >= 15 is 0 Å². The van der Waals surface area contributed by atoms with Crippen LogP contribution in [-0.2, 0) is 0 Å². The maximum atomic E-state index is 14.0. The third-order valence-electron chi connectivity index (χ3n) is 5.33. The van der Waals surface area contributed by atoms with Crippen LogP contribution in [0.3, 0.4) is 0 Å². The van der Waals surface area contributed by atoms with Gasteiger partial charge >= 0.3 is 0 Å². The first-order chi connectivity index (χ1) is 14.2. The lowest BCUT2D eigenvalue weighted by Crippen LogP contribution is -2.65. The Kier molecular flexibility index (Phi) is 5.07. The molecule has 0 saturated carbocycles. The number of aliphatic hydroxyl groups is 1.